The van der Waals surface area contributed by atoms with Gasteiger partial charge in [-0.05, 0) is 18.6 Å². The van der Waals surface area contributed by atoms with Gasteiger partial charge in [0, 0.05) is 13.0 Å². The molecule has 0 amide bonds. The molecule has 0 saturated heterocycles. The van der Waals surface area contributed by atoms with Crippen LogP contribution in [0.3, 0.4) is 0 Å². The van der Waals surface area contributed by atoms with Gasteiger partial charge in [0.15, 0.2) is 0 Å². The van der Waals surface area contributed by atoms with E-state index in [9.17, 15) is 13.2 Å². The molecule has 0 bridgehead atoms. The lowest BCUT2D eigenvalue weighted by Gasteiger charge is -2.15. The van der Waals surface area contributed by atoms with E-state index in [2.05, 4.69) is 4.98 Å². The van der Waals surface area contributed by atoms with E-state index < -0.39 is 12.6 Å². The van der Waals surface area contributed by atoms with Crippen molar-refractivity contribution in [1.29, 1.82) is 0 Å². The van der Waals surface area contributed by atoms with Gasteiger partial charge in [-0.25, -0.2) is 10.8 Å². The maximum Gasteiger partial charge on any atom is 0.389 e. The zero-order chi connectivity index (χ0) is 13.2. The number of nitrogens with two attached hydrogens (primary N) is 1. The first-order valence-corrected chi connectivity index (χ1v) is 6.22. The van der Waals surface area contributed by atoms with Crippen LogP contribution in [0.2, 0.25) is 0 Å². The predicted octanol–water partition coefficient (Wildman–Crippen LogP) is 3.32. The van der Waals surface area contributed by atoms with E-state index in [1.54, 1.807) is 0 Å². The van der Waals surface area contributed by atoms with E-state index in [1.165, 1.54) is 16.3 Å². The fourth-order valence-electron chi connectivity index (χ4n) is 1.53. The number of para-hydroxylation sites is 1. The first-order valence-electron chi connectivity index (χ1n) is 5.40. The first-order chi connectivity index (χ1) is 8.46. The Labute approximate surface area is 106 Å². The van der Waals surface area contributed by atoms with Gasteiger partial charge < -0.3 is 0 Å². The van der Waals surface area contributed by atoms with E-state index in [1.807, 2.05) is 24.3 Å². The van der Waals surface area contributed by atoms with Crippen molar-refractivity contribution >= 4 is 26.7 Å². The molecule has 2 rings (SSSR count). The van der Waals surface area contributed by atoms with Gasteiger partial charge in [-0.1, -0.05) is 23.5 Å². The Balaban J connectivity index is 1.98. The second-order valence-corrected chi connectivity index (χ2v) is 4.89. The van der Waals surface area contributed by atoms with E-state index in [4.69, 9.17) is 5.84 Å². The highest BCUT2D eigenvalue weighted by atomic mass is 32.1. The molecule has 0 radical (unpaired) electrons. The van der Waals surface area contributed by atoms with Crippen molar-refractivity contribution in [2.45, 2.75) is 19.0 Å². The van der Waals surface area contributed by atoms with Gasteiger partial charge in [0.1, 0.15) is 0 Å². The van der Waals surface area contributed by atoms with Gasteiger partial charge >= 0.3 is 6.18 Å². The Kier molecular flexibility index (Phi) is 3.72. The smallest absolute Gasteiger partial charge is 0.286 e. The number of benzene rings is 1. The summed E-state index contributed by atoms with van der Waals surface area (Å²) >= 11 is 1.37. The van der Waals surface area contributed by atoms with Crippen molar-refractivity contribution in [2.24, 2.45) is 5.84 Å². The van der Waals surface area contributed by atoms with E-state index in [0.29, 0.717) is 5.13 Å². The lowest BCUT2D eigenvalue weighted by Crippen LogP contribution is -2.32. The third kappa shape index (κ3) is 3.33. The van der Waals surface area contributed by atoms with E-state index in [-0.39, 0.29) is 13.0 Å². The average Bonchev–Trinajstić information content (AvgIpc) is 2.70. The number of thiazole rings is 1. The molecule has 2 aromatic rings. The fraction of sp³-hybridized carbons (Fsp3) is 0.364. The minimum absolute atomic E-state index is 0.0318. The highest BCUT2D eigenvalue weighted by Crippen LogP contribution is 2.28. The summed E-state index contributed by atoms with van der Waals surface area (Å²) in [5.41, 5.74) is 0.809. The molecular weight excluding hydrogens is 263 g/mol. The molecule has 1 aromatic carbocycles. The summed E-state index contributed by atoms with van der Waals surface area (Å²) in [5.74, 6) is 5.70. The molecule has 7 heteroatoms. The van der Waals surface area contributed by atoms with Gasteiger partial charge in [0.2, 0.25) is 5.13 Å². The van der Waals surface area contributed by atoms with Crippen molar-refractivity contribution in [3.63, 3.8) is 0 Å². The lowest BCUT2D eigenvalue weighted by atomic mass is 10.3. The summed E-state index contributed by atoms with van der Waals surface area (Å²) in [6, 6.07) is 7.49. The van der Waals surface area contributed by atoms with Crippen LogP contribution in [0.1, 0.15) is 12.8 Å². The van der Waals surface area contributed by atoms with Crippen LogP contribution >= 0.6 is 11.3 Å². The van der Waals surface area contributed by atoms with Crippen LogP contribution in [0, 0.1) is 0 Å². The normalized spacial score (nSPS) is 12.0. The van der Waals surface area contributed by atoms with E-state index >= 15 is 0 Å². The summed E-state index contributed by atoms with van der Waals surface area (Å²) in [5, 5.41) is 1.81. The third-order valence-corrected chi connectivity index (χ3v) is 3.46. The standard InChI is InChI=1S/C11H12F3N3S/c12-11(13,14)6-3-7-17(15)10-16-8-4-1-2-5-9(8)18-10/h1-2,4-5H,3,6-7,15H2. The van der Waals surface area contributed by atoms with Crippen molar-refractivity contribution in [3.8, 4) is 0 Å². The van der Waals surface area contributed by atoms with Crippen molar-refractivity contribution < 1.29 is 13.2 Å². The summed E-state index contributed by atoms with van der Waals surface area (Å²) in [6.45, 7) is 0.138. The Hall–Kier alpha value is -1.34. The second-order valence-electron chi connectivity index (χ2n) is 3.88. The predicted molar refractivity (Wildman–Crippen MR) is 66.4 cm³/mol. The SMILES string of the molecule is NN(CCCC(F)(F)F)c1nc2ccccc2s1. The highest BCUT2D eigenvalue weighted by molar-refractivity contribution is 7.22. The lowest BCUT2D eigenvalue weighted by molar-refractivity contribution is -0.135. The number of rotatable bonds is 4. The molecule has 0 fully saturated rings. The van der Waals surface area contributed by atoms with Crippen LogP contribution in [-0.4, -0.2) is 17.7 Å². The van der Waals surface area contributed by atoms with E-state index in [0.717, 1.165) is 10.2 Å². The summed E-state index contributed by atoms with van der Waals surface area (Å²) in [4.78, 5) is 4.27. The fourth-order valence-corrected chi connectivity index (χ4v) is 2.44. The number of alkyl halides is 3. The zero-order valence-corrected chi connectivity index (χ0v) is 10.3. The van der Waals surface area contributed by atoms with Crippen molar-refractivity contribution in [1.82, 2.24) is 4.98 Å². The minimum atomic E-state index is -4.13. The van der Waals surface area contributed by atoms with Gasteiger partial charge in [-0.15, -0.1) is 0 Å². The molecule has 0 aliphatic heterocycles. The monoisotopic (exact) mass is 275 g/mol. The summed E-state index contributed by atoms with van der Waals surface area (Å²) < 4.78 is 37.0. The van der Waals surface area contributed by atoms with Crippen LogP contribution < -0.4 is 10.9 Å². The largest absolute Gasteiger partial charge is 0.389 e. The number of nitrogens with zero attached hydrogens (tertiary/aromatic N) is 2. The maximum absolute atomic E-state index is 12.0. The Bertz CT molecular complexity index is 490. The minimum Gasteiger partial charge on any atom is -0.286 e. The Morgan fingerprint density at radius 3 is 2.67 bits per heavy atom. The Morgan fingerprint density at radius 1 is 1.28 bits per heavy atom. The molecule has 0 aliphatic rings. The zero-order valence-electron chi connectivity index (χ0n) is 9.44. The summed E-state index contributed by atoms with van der Waals surface area (Å²) in [7, 11) is 0. The summed E-state index contributed by atoms with van der Waals surface area (Å²) in [6.07, 6.45) is -4.99. The quantitative estimate of drug-likeness (QED) is 0.687. The van der Waals surface area contributed by atoms with Gasteiger partial charge in [-0.2, -0.15) is 13.2 Å². The maximum atomic E-state index is 12.0. The molecule has 0 aliphatic carbocycles. The molecule has 1 aromatic heterocycles. The number of aromatic nitrogens is 1. The molecule has 0 spiro atoms. The topological polar surface area (TPSA) is 42.1 Å². The number of anilines is 1. The van der Waals surface area contributed by atoms with Crippen LogP contribution in [0.4, 0.5) is 18.3 Å². The number of hydrogen-bond donors (Lipinski definition) is 1. The average molecular weight is 275 g/mol. The van der Waals surface area contributed by atoms with Gasteiger partial charge in [0.05, 0.1) is 10.2 Å². The molecule has 0 unspecified atom stereocenters. The van der Waals surface area contributed by atoms with Crippen LogP contribution in [0.5, 0.6) is 0 Å². The number of halogens is 3. The Morgan fingerprint density at radius 2 is 2.00 bits per heavy atom. The third-order valence-electron chi connectivity index (χ3n) is 2.39. The molecule has 18 heavy (non-hydrogen) atoms. The molecule has 0 atom stereocenters. The van der Waals surface area contributed by atoms with Crippen LogP contribution in [-0.2, 0) is 0 Å². The van der Waals surface area contributed by atoms with Gasteiger partial charge in [0.25, 0.3) is 0 Å². The van der Waals surface area contributed by atoms with Crippen LogP contribution in [0.15, 0.2) is 24.3 Å². The van der Waals surface area contributed by atoms with Crippen molar-refractivity contribution in [3.05, 3.63) is 24.3 Å². The molecule has 2 N–H and O–H groups in total. The second kappa shape index (κ2) is 5.11. The number of hydrogen-bond acceptors (Lipinski definition) is 4. The molecular formula is C11H12F3N3S. The first kappa shape index (κ1) is 13.1. The highest BCUT2D eigenvalue weighted by Gasteiger charge is 2.26. The van der Waals surface area contributed by atoms with Gasteiger partial charge in [-0.3, -0.25) is 5.01 Å². The number of fused-ring (bicyclic) bond motifs is 1. The molecule has 3 nitrogen and oxygen atoms in total. The molecule has 0 saturated carbocycles. The molecule has 98 valence electrons. The number of hydrazine groups is 1. The van der Waals surface area contributed by atoms with Crippen molar-refractivity contribution in [2.75, 3.05) is 11.6 Å². The molecule has 1 heterocycles. The van der Waals surface area contributed by atoms with Crippen LogP contribution in [0.25, 0.3) is 10.2 Å².